The van der Waals surface area contributed by atoms with Crippen molar-refractivity contribution in [2.75, 3.05) is 17.4 Å². The Bertz CT molecular complexity index is 1720. The van der Waals surface area contributed by atoms with Crippen LogP contribution in [0, 0.1) is 19.8 Å². The lowest BCUT2D eigenvalue weighted by Gasteiger charge is -2.34. The lowest BCUT2D eigenvalue weighted by molar-refractivity contribution is -0.140. The highest BCUT2D eigenvalue weighted by Gasteiger charge is 2.34. The Labute approximate surface area is 280 Å². The molecule has 248 valence electrons. The van der Waals surface area contributed by atoms with Gasteiger partial charge in [0.15, 0.2) is 0 Å². The second kappa shape index (κ2) is 15.9. The highest BCUT2D eigenvalue weighted by molar-refractivity contribution is 7.92. The molecule has 0 aliphatic heterocycles. The first-order valence-corrected chi connectivity index (χ1v) is 17.6. The minimum absolute atomic E-state index is 0.0874. The molecule has 0 saturated heterocycles. The molecule has 0 aliphatic carbocycles. The second-order valence-electron chi connectivity index (χ2n) is 12.9. The smallest absolute Gasteiger partial charge is 0.264 e. The van der Waals surface area contributed by atoms with Gasteiger partial charge in [0.25, 0.3) is 10.0 Å². The first kappa shape index (κ1) is 35.4. The van der Waals surface area contributed by atoms with E-state index >= 15 is 0 Å². The first-order valence-electron chi connectivity index (χ1n) is 16.2. The minimum atomic E-state index is -4.15. The highest BCUT2D eigenvalue weighted by Crippen LogP contribution is 2.27. The summed E-state index contributed by atoms with van der Waals surface area (Å²) in [7, 11) is -4.15. The summed E-state index contributed by atoms with van der Waals surface area (Å²) in [4.78, 5) is 30.2. The second-order valence-corrected chi connectivity index (χ2v) is 14.8. The molecule has 0 saturated carbocycles. The molecule has 47 heavy (non-hydrogen) atoms. The van der Waals surface area contributed by atoms with E-state index in [4.69, 9.17) is 0 Å². The van der Waals surface area contributed by atoms with E-state index in [1.54, 1.807) is 36.4 Å². The topological polar surface area (TPSA) is 86.8 Å². The molecule has 7 nitrogen and oxygen atoms in total. The van der Waals surface area contributed by atoms with Gasteiger partial charge < -0.3 is 10.2 Å². The number of amides is 2. The van der Waals surface area contributed by atoms with Crippen molar-refractivity contribution in [2.45, 2.75) is 71.4 Å². The number of carbonyl (C=O) groups excluding carboxylic acids is 2. The predicted molar refractivity (Wildman–Crippen MR) is 190 cm³/mol. The molecule has 1 N–H and O–H groups in total. The molecule has 4 aromatic rings. The lowest BCUT2D eigenvalue weighted by Crippen LogP contribution is -2.53. The fourth-order valence-electron chi connectivity index (χ4n) is 5.26. The standard InChI is InChI=1S/C39H47N3O4S/c1-28(2)25-40-39(44)37(24-32-10-8-7-9-11-32)41(26-33-16-12-30(5)13-17-33)38(43)27-42(35-20-18-34(19-21-35)29(3)4)47(45,46)36-22-14-31(6)15-23-36/h7-23,28-29,37H,24-27H2,1-6H3,(H,40,44)/t37-/m1/s1. The normalized spacial score (nSPS) is 12.2. The molecule has 0 radical (unpaired) electrons. The highest BCUT2D eigenvalue weighted by atomic mass is 32.2. The molecule has 0 heterocycles. The van der Waals surface area contributed by atoms with Crippen molar-refractivity contribution in [3.8, 4) is 0 Å². The van der Waals surface area contributed by atoms with Gasteiger partial charge in [-0.15, -0.1) is 0 Å². The van der Waals surface area contributed by atoms with Crippen LogP contribution in [0.15, 0.2) is 108 Å². The van der Waals surface area contributed by atoms with Crippen molar-refractivity contribution in [2.24, 2.45) is 5.92 Å². The third-order valence-electron chi connectivity index (χ3n) is 8.16. The maximum Gasteiger partial charge on any atom is 0.264 e. The van der Waals surface area contributed by atoms with Crippen LogP contribution in [-0.4, -0.2) is 44.3 Å². The zero-order valence-electron chi connectivity index (χ0n) is 28.3. The van der Waals surface area contributed by atoms with Crippen LogP contribution in [0.25, 0.3) is 0 Å². The third-order valence-corrected chi connectivity index (χ3v) is 9.95. The molecule has 4 aromatic carbocycles. The average molecular weight is 654 g/mol. The number of anilines is 1. The van der Waals surface area contributed by atoms with Gasteiger partial charge in [0, 0.05) is 19.5 Å². The number of nitrogens with one attached hydrogen (secondary N) is 1. The van der Waals surface area contributed by atoms with Crippen LogP contribution < -0.4 is 9.62 Å². The van der Waals surface area contributed by atoms with Crippen LogP contribution in [0.2, 0.25) is 0 Å². The van der Waals surface area contributed by atoms with Crippen LogP contribution in [0.4, 0.5) is 5.69 Å². The van der Waals surface area contributed by atoms with Crippen LogP contribution in [0.3, 0.4) is 0 Å². The number of sulfonamides is 1. The van der Waals surface area contributed by atoms with Gasteiger partial charge in [0.1, 0.15) is 12.6 Å². The van der Waals surface area contributed by atoms with E-state index in [1.807, 2.05) is 94.4 Å². The minimum Gasteiger partial charge on any atom is -0.354 e. The summed E-state index contributed by atoms with van der Waals surface area (Å²) in [6.07, 6.45) is 0.274. The van der Waals surface area contributed by atoms with Crippen LogP contribution in [-0.2, 0) is 32.6 Å². The van der Waals surface area contributed by atoms with E-state index in [-0.39, 0.29) is 35.6 Å². The third kappa shape index (κ3) is 9.55. The Morgan fingerprint density at radius 2 is 1.30 bits per heavy atom. The van der Waals surface area contributed by atoms with Gasteiger partial charge in [0.05, 0.1) is 10.6 Å². The van der Waals surface area contributed by atoms with Crippen LogP contribution >= 0.6 is 0 Å². The Kier molecular flexibility index (Phi) is 12.0. The number of nitrogens with zero attached hydrogens (tertiary/aromatic N) is 2. The van der Waals surface area contributed by atoms with Gasteiger partial charge in [-0.2, -0.15) is 0 Å². The molecule has 0 bridgehead atoms. The largest absolute Gasteiger partial charge is 0.354 e. The van der Waals surface area contributed by atoms with Gasteiger partial charge in [-0.25, -0.2) is 8.42 Å². The summed E-state index contributed by atoms with van der Waals surface area (Å²) in [6.45, 7) is 12.2. The Morgan fingerprint density at radius 3 is 1.85 bits per heavy atom. The van der Waals surface area contributed by atoms with Crippen molar-refractivity contribution < 1.29 is 18.0 Å². The Morgan fingerprint density at radius 1 is 0.723 bits per heavy atom. The summed E-state index contributed by atoms with van der Waals surface area (Å²) >= 11 is 0. The molecule has 0 aliphatic rings. The number of hydrogen-bond donors (Lipinski definition) is 1. The molecule has 0 spiro atoms. The van der Waals surface area contributed by atoms with E-state index in [1.165, 1.54) is 4.90 Å². The fraction of sp³-hybridized carbons (Fsp3) is 0.333. The number of hydrogen-bond acceptors (Lipinski definition) is 4. The predicted octanol–water partition coefficient (Wildman–Crippen LogP) is 7.03. The summed E-state index contributed by atoms with van der Waals surface area (Å²) in [5.41, 5.74) is 5.16. The van der Waals surface area contributed by atoms with Crippen molar-refractivity contribution in [1.82, 2.24) is 10.2 Å². The van der Waals surface area contributed by atoms with Gasteiger partial charge in [-0.3, -0.25) is 13.9 Å². The SMILES string of the molecule is Cc1ccc(CN(C(=O)CN(c2ccc(C(C)C)cc2)S(=O)(=O)c2ccc(C)cc2)[C@H](Cc2ccccc2)C(=O)NCC(C)C)cc1. The maximum absolute atomic E-state index is 14.6. The molecule has 2 amide bonds. The Balaban J connectivity index is 1.80. The molecule has 0 aromatic heterocycles. The quantitative estimate of drug-likeness (QED) is 0.158. The van der Waals surface area contributed by atoms with Crippen molar-refractivity contribution in [3.63, 3.8) is 0 Å². The molecular weight excluding hydrogens is 607 g/mol. The van der Waals surface area contributed by atoms with Crippen molar-refractivity contribution in [1.29, 1.82) is 0 Å². The van der Waals surface area contributed by atoms with Gasteiger partial charge in [0.2, 0.25) is 11.8 Å². The lowest BCUT2D eigenvalue weighted by atomic mass is 10.0. The molecule has 8 heteroatoms. The summed E-state index contributed by atoms with van der Waals surface area (Å²) in [5.74, 6) is -0.297. The summed E-state index contributed by atoms with van der Waals surface area (Å²) in [5, 5.41) is 3.03. The summed E-state index contributed by atoms with van der Waals surface area (Å²) < 4.78 is 29.7. The van der Waals surface area contributed by atoms with E-state index in [0.717, 1.165) is 32.1 Å². The molecule has 1 atom stereocenters. The van der Waals surface area contributed by atoms with Crippen molar-refractivity contribution in [3.05, 3.63) is 131 Å². The number of carbonyl (C=O) groups is 2. The molecule has 4 rings (SSSR count). The zero-order chi connectivity index (χ0) is 34.1. The fourth-order valence-corrected chi connectivity index (χ4v) is 6.67. The van der Waals surface area contributed by atoms with Gasteiger partial charge >= 0.3 is 0 Å². The molecule has 0 fully saturated rings. The zero-order valence-corrected chi connectivity index (χ0v) is 29.1. The average Bonchev–Trinajstić information content (AvgIpc) is 3.05. The van der Waals surface area contributed by atoms with E-state index in [0.29, 0.717) is 12.2 Å². The first-order chi connectivity index (χ1) is 22.3. The molecular formula is C39H47N3O4S. The van der Waals surface area contributed by atoms with Crippen molar-refractivity contribution >= 4 is 27.5 Å². The summed E-state index contributed by atoms with van der Waals surface area (Å²) in [6, 6.07) is 30.4. The van der Waals surface area contributed by atoms with E-state index < -0.39 is 28.5 Å². The van der Waals surface area contributed by atoms with Crippen LogP contribution in [0.1, 0.15) is 61.4 Å². The number of rotatable bonds is 14. The van der Waals surface area contributed by atoms with Gasteiger partial charge in [-0.05, 0) is 66.6 Å². The van der Waals surface area contributed by atoms with Crippen LogP contribution in [0.5, 0.6) is 0 Å². The Hall–Kier alpha value is -4.43. The van der Waals surface area contributed by atoms with E-state index in [2.05, 4.69) is 19.2 Å². The maximum atomic E-state index is 14.6. The monoisotopic (exact) mass is 653 g/mol. The number of benzene rings is 4. The molecule has 0 unspecified atom stereocenters. The number of aryl methyl sites for hydroxylation is 2. The van der Waals surface area contributed by atoms with Gasteiger partial charge in [-0.1, -0.05) is 118 Å². The van der Waals surface area contributed by atoms with E-state index in [9.17, 15) is 18.0 Å².